The minimum Gasteiger partial charge on any atom is -0.504 e. The average Bonchev–Trinajstić information content (AvgIpc) is 2.33. The number of hydrogen-bond donors (Lipinski definition) is 3. The van der Waals surface area contributed by atoms with Gasteiger partial charge in [0, 0.05) is 18.2 Å². The summed E-state index contributed by atoms with van der Waals surface area (Å²) in [6.45, 7) is 5.22. The number of phenols is 2. The van der Waals surface area contributed by atoms with Gasteiger partial charge in [-0.05, 0) is 37.2 Å². The van der Waals surface area contributed by atoms with Crippen LogP contribution in [0, 0.1) is 11.8 Å². The summed E-state index contributed by atoms with van der Waals surface area (Å²) in [6, 6.07) is 5.63. The lowest BCUT2D eigenvalue weighted by Crippen LogP contribution is -2.38. The highest BCUT2D eigenvalue weighted by molar-refractivity contribution is 5.44. The molecule has 18 heavy (non-hydrogen) atoms. The Labute approximate surface area is 109 Å². The quantitative estimate of drug-likeness (QED) is 0.722. The number of phenolic OH excluding ortho intramolecular Hbond substituents is 2. The molecule has 3 nitrogen and oxygen atoms in total. The number of hydrogen-bond acceptors (Lipinski definition) is 3. The molecule has 1 aliphatic carbocycles. The van der Waals surface area contributed by atoms with Gasteiger partial charge in [-0.1, -0.05) is 26.0 Å². The first-order valence-corrected chi connectivity index (χ1v) is 6.81. The zero-order valence-corrected chi connectivity index (χ0v) is 11.2. The summed E-state index contributed by atoms with van der Waals surface area (Å²) in [5, 5.41) is 22.7. The van der Waals surface area contributed by atoms with Gasteiger partial charge in [0.1, 0.15) is 0 Å². The first-order chi connectivity index (χ1) is 8.58. The van der Waals surface area contributed by atoms with E-state index in [1.165, 1.54) is 25.3 Å². The fourth-order valence-corrected chi connectivity index (χ4v) is 2.93. The molecular formula is C15H23NO2. The first-order valence-electron chi connectivity index (χ1n) is 6.81. The van der Waals surface area contributed by atoms with Crippen molar-refractivity contribution in [3.05, 3.63) is 23.8 Å². The largest absolute Gasteiger partial charge is 0.504 e. The fraction of sp³-hybridized carbons (Fsp3) is 0.600. The third-order valence-corrected chi connectivity index (χ3v) is 4.08. The molecule has 0 radical (unpaired) electrons. The van der Waals surface area contributed by atoms with Crippen LogP contribution in [-0.4, -0.2) is 16.3 Å². The molecule has 0 aromatic heterocycles. The van der Waals surface area contributed by atoms with Gasteiger partial charge < -0.3 is 15.5 Å². The highest BCUT2D eigenvalue weighted by Gasteiger charge is 2.24. The number of aromatic hydroxyl groups is 2. The Morgan fingerprint density at radius 1 is 1.22 bits per heavy atom. The van der Waals surface area contributed by atoms with E-state index in [0.717, 1.165) is 11.5 Å². The summed E-state index contributed by atoms with van der Waals surface area (Å²) in [7, 11) is 0. The molecule has 1 aromatic carbocycles. The van der Waals surface area contributed by atoms with Crippen LogP contribution < -0.4 is 5.32 Å². The van der Waals surface area contributed by atoms with Crippen molar-refractivity contribution in [2.45, 2.75) is 45.7 Å². The predicted octanol–water partition coefficient (Wildman–Crippen LogP) is 3.01. The molecule has 0 bridgehead atoms. The van der Waals surface area contributed by atoms with Crippen LogP contribution in [0.3, 0.4) is 0 Å². The van der Waals surface area contributed by atoms with Gasteiger partial charge in [0.15, 0.2) is 11.5 Å². The number of rotatable bonds is 3. The molecule has 0 spiro atoms. The number of nitrogens with one attached hydrogen (secondary N) is 1. The molecule has 3 heteroatoms. The van der Waals surface area contributed by atoms with Crippen LogP contribution in [0.2, 0.25) is 0 Å². The smallest absolute Gasteiger partial charge is 0.161 e. The SMILES string of the molecule is CC1CCC(NCc2cccc(O)c2O)C(C)C1. The van der Waals surface area contributed by atoms with Gasteiger partial charge in [-0.15, -0.1) is 0 Å². The highest BCUT2D eigenvalue weighted by Crippen LogP contribution is 2.31. The lowest BCUT2D eigenvalue weighted by Gasteiger charge is -2.33. The van der Waals surface area contributed by atoms with Crippen LogP contribution in [0.1, 0.15) is 38.7 Å². The number of benzene rings is 1. The highest BCUT2D eigenvalue weighted by atomic mass is 16.3. The molecular weight excluding hydrogens is 226 g/mol. The van der Waals surface area contributed by atoms with E-state index >= 15 is 0 Å². The maximum absolute atomic E-state index is 9.74. The van der Waals surface area contributed by atoms with Crippen molar-refractivity contribution >= 4 is 0 Å². The monoisotopic (exact) mass is 249 g/mol. The maximum atomic E-state index is 9.74. The first kappa shape index (κ1) is 13.2. The van der Waals surface area contributed by atoms with Crippen molar-refractivity contribution in [3.8, 4) is 11.5 Å². The van der Waals surface area contributed by atoms with E-state index in [9.17, 15) is 10.2 Å². The minimum atomic E-state index is -0.0420. The molecule has 2 rings (SSSR count). The predicted molar refractivity (Wildman–Crippen MR) is 72.6 cm³/mol. The van der Waals surface area contributed by atoms with Crippen LogP contribution >= 0.6 is 0 Å². The average molecular weight is 249 g/mol. The molecule has 3 N–H and O–H groups in total. The van der Waals surface area contributed by atoms with Gasteiger partial charge in [-0.25, -0.2) is 0 Å². The molecule has 0 amide bonds. The number of para-hydroxylation sites is 1. The van der Waals surface area contributed by atoms with Crippen molar-refractivity contribution in [3.63, 3.8) is 0 Å². The molecule has 1 saturated carbocycles. The van der Waals surface area contributed by atoms with Gasteiger partial charge >= 0.3 is 0 Å². The molecule has 0 saturated heterocycles. The van der Waals surface area contributed by atoms with E-state index in [4.69, 9.17) is 0 Å². The van der Waals surface area contributed by atoms with Crippen LogP contribution in [0.5, 0.6) is 11.5 Å². The Kier molecular flexibility index (Phi) is 4.12. The summed E-state index contributed by atoms with van der Waals surface area (Å²) >= 11 is 0. The Balaban J connectivity index is 1.93. The van der Waals surface area contributed by atoms with E-state index < -0.39 is 0 Å². The van der Waals surface area contributed by atoms with Crippen molar-refractivity contribution < 1.29 is 10.2 Å². The van der Waals surface area contributed by atoms with E-state index in [0.29, 0.717) is 18.5 Å². The summed E-state index contributed by atoms with van der Waals surface area (Å²) in [5.41, 5.74) is 0.765. The van der Waals surface area contributed by atoms with Gasteiger partial charge in [0.05, 0.1) is 0 Å². The van der Waals surface area contributed by atoms with Crippen LogP contribution in [0.4, 0.5) is 0 Å². The lowest BCUT2D eigenvalue weighted by molar-refractivity contribution is 0.226. The summed E-state index contributed by atoms with van der Waals surface area (Å²) in [4.78, 5) is 0. The van der Waals surface area contributed by atoms with E-state index in [1.54, 1.807) is 6.07 Å². The molecule has 1 aromatic rings. The van der Waals surface area contributed by atoms with Gasteiger partial charge in [0.2, 0.25) is 0 Å². The van der Waals surface area contributed by atoms with Gasteiger partial charge in [-0.3, -0.25) is 0 Å². The third kappa shape index (κ3) is 2.96. The fourth-order valence-electron chi connectivity index (χ4n) is 2.93. The van der Waals surface area contributed by atoms with E-state index in [1.807, 2.05) is 6.07 Å². The molecule has 100 valence electrons. The van der Waals surface area contributed by atoms with Crippen molar-refractivity contribution in [1.29, 1.82) is 0 Å². The zero-order chi connectivity index (χ0) is 13.1. The molecule has 1 aliphatic rings. The van der Waals surface area contributed by atoms with Crippen LogP contribution in [-0.2, 0) is 6.54 Å². The summed E-state index contributed by atoms with van der Waals surface area (Å²) < 4.78 is 0. The Morgan fingerprint density at radius 3 is 2.72 bits per heavy atom. The summed E-state index contributed by atoms with van der Waals surface area (Å²) in [5.74, 6) is 1.46. The summed E-state index contributed by atoms with van der Waals surface area (Å²) in [6.07, 6.45) is 3.74. The molecule has 0 heterocycles. The lowest BCUT2D eigenvalue weighted by atomic mass is 9.80. The normalized spacial score (nSPS) is 28.2. The standard InChI is InChI=1S/C15H23NO2/c1-10-6-7-13(11(2)8-10)16-9-12-4-3-5-14(17)15(12)18/h3-5,10-11,13,16-18H,6-9H2,1-2H3. The van der Waals surface area contributed by atoms with Crippen LogP contribution in [0.15, 0.2) is 18.2 Å². The van der Waals surface area contributed by atoms with Crippen molar-refractivity contribution in [2.75, 3.05) is 0 Å². The van der Waals surface area contributed by atoms with Gasteiger partial charge in [-0.2, -0.15) is 0 Å². The van der Waals surface area contributed by atoms with E-state index in [-0.39, 0.29) is 11.5 Å². The van der Waals surface area contributed by atoms with Crippen LogP contribution in [0.25, 0.3) is 0 Å². The third-order valence-electron chi connectivity index (χ3n) is 4.08. The van der Waals surface area contributed by atoms with Gasteiger partial charge in [0.25, 0.3) is 0 Å². The van der Waals surface area contributed by atoms with Crippen molar-refractivity contribution in [1.82, 2.24) is 5.32 Å². The van der Waals surface area contributed by atoms with E-state index in [2.05, 4.69) is 19.2 Å². The maximum Gasteiger partial charge on any atom is 0.161 e. The molecule has 3 atom stereocenters. The van der Waals surface area contributed by atoms with Crippen molar-refractivity contribution in [2.24, 2.45) is 11.8 Å². The molecule has 1 fully saturated rings. The molecule has 0 aliphatic heterocycles. The second-order valence-electron chi connectivity index (χ2n) is 5.67. The Morgan fingerprint density at radius 2 is 2.00 bits per heavy atom. The second-order valence-corrected chi connectivity index (χ2v) is 5.67. The minimum absolute atomic E-state index is 0.00169. The Bertz CT molecular complexity index is 405. The molecule has 3 unspecified atom stereocenters. The zero-order valence-electron chi connectivity index (χ0n) is 11.2. The topological polar surface area (TPSA) is 52.5 Å². The second kappa shape index (κ2) is 5.61. The Hall–Kier alpha value is -1.22.